The molecule has 18 heavy (non-hydrogen) atoms. The Labute approximate surface area is 116 Å². The average molecular weight is 292 g/mol. The van der Waals surface area contributed by atoms with E-state index in [0.29, 0.717) is 5.56 Å². The maximum absolute atomic E-state index is 11.1. The second-order valence-electron chi connectivity index (χ2n) is 4.59. The van der Waals surface area contributed by atoms with Crippen LogP contribution < -0.4 is 0 Å². The summed E-state index contributed by atoms with van der Waals surface area (Å²) in [7, 11) is 0. The van der Waals surface area contributed by atoms with Crippen LogP contribution in [0.4, 0.5) is 5.69 Å². The molecule has 0 aliphatic rings. The lowest BCUT2D eigenvalue weighted by molar-refractivity contribution is -0.385. The van der Waals surface area contributed by atoms with E-state index in [0.717, 1.165) is 0 Å². The molecule has 0 bridgehead atoms. The molecule has 0 radical (unpaired) electrons. The van der Waals surface area contributed by atoms with E-state index in [4.69, 9.17) is 23.2 Å². The summed E-state index contributed by atoms with van der Waals surface area (Å²) in [4.78, 5) is 10.6. The Morgan fingerprint density at radius 1 is 1.22 bits per heavy atom. The Morgan fingerprint density at radius 2 is 1.72 bits per heavy atom. The second kappa shape index (κ2) is 5.87. The molecule has 2 unspecified atom stereocenters. The molecule has 1 aromatic carbocycles. The van der Waals surface area contributed by atoms with E-state index in [9.17, 15) is 15.2 Å². The molecule has 1 rings (SSSR count). The number of nitro groups is 1. The molecule has 0 aromatic heterocycles. The van der Waals surface area contributed by atoms with Crippen LogP contribution in [0.25, 0.3) is 0 Å². The molecule has 0 aliphatic heterocycles. The van der Waals surface area contributed by atoms with Gasteiger partial charge in [-0.1, -0.05) is 37.0 Å². The summed E-state index contributed by atoms with van der Waals surface area (Å²) in [5, 5.41) is 21.3. The predicted molar refractivity (Wildman–Crippen MR) is 72.4 cm³/mol. The molecule has 0 saturated carbocycles. The summed E-state index contributed by atoms with van der Waals surface area (Å²) >= 11 is 11.7. The van der Waals surface area contributed by atoms with Gasteiger partial charge in [-0.05, 0) is 18.9 Å². The van der Waals surface area contributed by atoms with Gasteiger partial charge in [0, 0.05) is 17.5 Å². The van der Waals surface area contributed by atoms with Crippen LogP contribution in [0.1, 0.15) is 32.3 Å². The second-order valence-corrected chi connectivity index (χ2v) is 5.41. The highest BCUT2D eigenvalue weighted by Gasteiger charge is 2.29. The first kappa shape index (κ1) is 15.2. The molecule has 1 N–H and O–H groups in total. The van der Waals surface area contributed by atoms with Gasteiger partial charge in [-0.2, -0.15) is 0 Å². The highest BCUT2D eigenvalue weighted by atomic mass is 35.5. The summed E-state index contributed by atoms with van der Waals surface area (Å²) < 4.78 is 0. The van der Waals surface area contributed by atoms with Crippen LogP contribution >= 0.6 is 23.2 Å². The fourth-order valence-corrected chi connectivity index (χ4v) is 2.48. The normalized spacial score (nSPS) is 14.6. The van der Waals surface area contributed by atoms with Crippen LogP contribution in [-0.2, 0) is 0 Å². The number of halogens is 2. The Bertz CT molecular complexity index is 453. The summed E-state index contributed by atoms with van der Waals surface area (Å²) in [5.74, 6) is -0.318. The number of rotatable bonds is 4. The minimum atomic E-state index is -0.707. The van der Waals surface area contributed by atoms with Crippen molar-refractivity contribution < 1.29 is 10.0 Å². The smallest absolute Gasteiger partial charge is 0.274 e. The first-order chi connectivity index (χ1) is 8.25. The van der Waals surface area contributed by atoms with Gasteiger partial charge in [0.15, 0.2) is 0 Å². The van der Waals surface area contributed by atoms with Crippen molar-refractivity contribution in [1.82, 2.24) is 0 Å². The SMILES string of the molecule is CC(C)C(c1cc(Cl)c(Cl)cc1[N+](=O)[O-])C(C)O. The van der Waals surface area contributed by atoms with Crippen molar-refractivity contribution >= 4 is 28.9 Å². The van der Waals surface area contributed by atoms with E-state index in [1.54, 1.807) is 6.92 Å². The van der Waals surface area contributed by atoms with Crippen molar-refractivity contribution in [3.05, 3.63) is 37.9 Å². The van der Waals surface area contributed by atoms with E-state index in [-0.39, 0.29) is 27.6 Å². The van der Waals surface area contributed by atoms with E-state index in [2.05, 4.69) is 0 Å². The zero-order valence-corrected chi connectivity index (χ0v) is 11.9. The van der Waals surface area contributed by atoms with Crippen molar-refractivity contribution in [2.75, 3.05) is 0 Å². The van der Waals surface area contributed by atoms with Crippen LogP contribution in [0, 0.1) is 16.0 Å². The summed E-state index contributed by atoms with van der Waals surface area (Å²) in [6.07, 6.45) is -0.707. The number of hydrogen-bond acceptors (Lipinski definition) is 3. The molecule has 0 saturated heterocycles. The van der Waals surface area contributed by atoms with E-state index in [1.807, 2.05) is 13.8 Å². The Morgan fingerprint density at radius 3 is 2.11 bits per heavy atom. The zero-order chi connectivity index (χ0) is 14.0. The van der Waals surface area contributed by atoms with Crippen molar-refractivity contribution in [2.24, 2.45) is 5.92 Å². The van der Waals surface area contributed by atoms with E-state index in [1.165, 1.54) is 12.1 Å². The lowest BCUT2D eigenvalue weighted by Gasteiger charge is -2.24. The third kappa shape index (κ3) is 3.13. The highest BCUT2D eigenvalue weighted by molar-refractivity contribution is 6.42. The molecule has 0 fully saturated rings. The first-order valence-electron chi connectivity index (χ1n) is 5.57. The third-order valence-corrected chi connectivity index (χ3v) is 3.59. The van der Waals surface area contributed by atoms with Gasteiger partial charge < -0.3 is 5.11 Å². The summed E-state index contributed by atoms with van der Waals surface area (Å²) in [6, 6.07) is 2.70. The molecule has 0 aliphatic carbocycles. The van der Waals surface area contributed by atoms with Crippen LogP contribution in [0.3, 0.4) is 0 Å². The van der Waals surface area contributed by atoms with Crippen molar-refractivity contribution in [2.45, 2.75) is 32.8 Å². The number of nitrogens with zero attached hydrogens (tertiary/aromatic N) is 1. The Kier molecular flexibility index (Phi) is 4.96. The molecular weight excluding hydrogens is 277 g/mol. The number of nitro benzene ring substituents is 1. The average Bonchev–Trinajstić information content (AvgIpc) is 2.21. The lowest BCUT2D eigenvalue weighted by Crippen LogP contribution is -2.21. The van der Waals surface area contributed by atoms with Crippen LogP contribution in [0.2, 0.25) is 10.0 Å². The molecule has 0 amide bonds. The Balaban J connectivity index is 3.45. The molecular formula is C12H15Cl2NO3. The van der Waals surface area contributed by atoms with Gasteiger partial charge in [-0.15, -0.1) is 0 Å². The third-order valence-electron chi connectivity index (χ3n) is 2.86. The highest BCUT2D eigenvalue weighted by Crippen LogP contribution is 2.39. The predicted octanol–water partition coefficient (Wildman–Crippen LogP) is 4.02. The summed E-state index contributed by atoms with van der Waals surface area (Å²) in [5.41, 5.74) is 0.309. The standard InChI is InChI=1S/C12H15Cl2NO3/c1-6(2)12(7(3)16)8-4-9(13)10(14)5-11(8)15(17)18/h4-7,12,16H,1-3H3. The van der Waals surface area contributed by atoms with Gasteiger partial charge in [-0.25, -0.2) is 0 Å². The molecule has 0 heterocycles. The summed E-state index contributed by atoms with van der Waals surface area (Å²) in [6.45, 7) is 5.39. The Hall–Kier alpha value is -0.840. The maximum Gasteiger partial charge on any atom is 0.274 e. The maximum atomic E-state index is 11.1. The van der Waals surface area contributed by atoms with Crippen LogP contribution in [0.5, 0.6) is 0 Å². The number of aliphatic hydroxyl groups excluding tert-OH is 1. The molecule has 4 nitrogen and oxygen atoms in total. The monoisotopic (exact) mass is 291 g/mol. The van der Waals surface area contributed by atoms with Gasteiger partial charge in [0.1, 0.15) is 0 Å². The topological polar surface area (TPSA) is 63.4 Å². The quantitative estimate of drug-likeness (QED) is 0.673. The fraction of sp³-hybridized carbons (Fsp3) is 0.500. The molecule has 2 atom stereocenters. The van der Waals surface area contributed by atoms with Crippen molar-refractivity contribution in [3.8, 4) is 0 Å². The lowest BCUT2D eigenvalue weighted by atomic mass is 9.83. The minimum absolute atomic E-state index is 0.0425. The van der Waals surface area contributed by atoms with E-state index < -0.39 is 11.0 Å². The van der Waals surface area contributed by atoms with Crippen molar-refractivity contribution in [1.29, 1.82) is 0 Å². The molecule has 6 heteroatoms. The van der Waals surface area contributed by atoms with Gasteiger partial charge in [0.2, 0.25) is 0 Å². The van der Waals surface area contributed by atoms with Gasteiger partial charge >= 0.3 is 0 Å². The van der Waals surface area contributed by atoms with Gasteiger partial charge in [-0.3, -0.25) is 10.1 Å². The van der Waals surface area contributed by atoms with E-state index >= 15 is 0 Å². The van der Waals surface area contributed by atoms with Crippen LogP contribution in [0.15, 0.2) is 12.1 Å². The minimum Gasteiger partial charge on any atom is -0.393 e. The largest absolute Gasteiger partial charge is 0.393 e. The zero-order valence-electron chi connectivity index (χ0n) is 10.4. The first-order valence-corrected chi connectivity index (χ1v) is 6.32. The number of aliphatic hydroxyl groups is 1. The molecule has 1 aromatic rings. The van der Waals surface area contributed by atoms with Gasteiger partial charge in [0.25, 0.3) is 5.69 Å². The molecule has 100 valence electrons. The fourth-order valence-electron chi connectivity index (χ4n) is 2.15. The molecule has 0 spiro atoms. The van der Waals surface area contributed by atoms with Crippen LogP contribution in [-0.4, -0.2) is 16.1 Å². The van der Waals surface area contributed by atoms with Crippen molar-refractivity contribution in [3.63, 3.8) is 0 Å². The number of benzene rings is 1. The number of hydrogen-bond donors (Lipinski definition) is 1. The van der Waals surface area contributed by atoms with Gasteiger partial charge in [0.05, 0.1) is 21.1 Å².